The van der Waals surface area contributed by atoms with Crippen LogP contribution in [-0.4, -0.2) is 5.33 Å². The van der Waals surface area contributed by atoms with E-state index in [1.165, 1.54) is 5.56 Å². The van der Waals surface area contributed by atoms with Crippen molar-refractivity contribution in [3.63, 3.8) is 0 Å². The van der Waals surface area contributed by atoms with E-state index in [-0.39, 0.29) is 5.92 Å². The lowest BCUT2D eigenvalue weighted by Crippen LogP contribution is -2.12. The minimum absolute atomic E-state index is 0.213. The molecule has 0 nitrogen and oxygen atoms in total. The highest BCUT2D eigenvalue weighted by Crippen LogP contribution is 2.24. The van der Waals surface area contributed by atoms with Crippen LogP contribution in [0.25, 0.3) is 0 Å². The summed E-state index contributed by atoms with van der Waals surface area (Å²) in [6.45, 7) is 0. The largest absolute Gasteiger partial charge is 0.204 e. The predicted octanol–water partition coefficient (Wildman–Crippen LogP) is 5.52. The summed E-state index contributed by atoms with van der Waals surface area (Å²) in [6, 6.07) is 12.3. The monoisotopic (exact) mass is 402 g/mol. The minimum atomic E-state index is -0.781. The van der Waals surface area contributed by atoms with Crippen molar-refractivity contribution in [3.8, 4) is 0 Å². The summed E-state index contributed by atoms with van der Waals surface area (Å²) in [7, 11) is 0. The Kier molecular flexibility index (Phi) is 5.73. The second-order valence-electron chi connectivity index (χ2n) is 4.73. The second-order valence-corrected chi connectivity index (χ2v) is 6.23. The van der Waals surface area contributed by atoms with Crippen molar-refractivity contribution in [2.75, 3.05) is 5.33 Å². The third-order valence-corrected chi connectivity index (χ3v) is 4.91. The van der Waals surface area contributed by atoms with Gasteiger partial charge in [-0.05, 0) is 42.0 Å². The Hall–Kier alpha value is -0.740. The van der Waals surface area contributed by atoms with Gasteiger partial charge in [0.25, 0.3) is 0 Å². The summed E-state index contributed by atoms with van der Waals surface area (Å²) in [5.41, 5.74) is 1.61. The molecule has 1 unspecified atom stereocenters. The fraction of sp³-hybridized carbons (Fsp3) is 0.250. The van der Waals surface area contributed by atoms with E-state index in [1.54, 1.807) is 12.1 Å². The van der Waals surface area contributed by atoms with E-state index < -0.39 is 11.6 Å². The van der Waals surface area contributed by atoms with E-state index in [9.17, 15) is 8.78 Å². The fourth-order valence-corrected chi connectivity index (χ4v) is 3.08. The van der Waals surface area contributed by atoms with Crippen LogP contribution in [0.4, 0.5) is 8.78 Å². The Balaban J connectivity index is 2.14. The lowest BCUT2D eigenvalue weighted by Gasteiger charge is -2.16. The van der Waals surface area contributed by atoms with E-state index in [1.807, 2.05) is 24.3 Å². The van der Waals surface area contributed by atoms with Gasteiger partial charge in [-0.1, -0.05) is 62.2 Å². The van der Waals surface area contributed by atoms with Crippen molar-refractivity contribution in [3.05, 3.63) is 69.7 Å². The zero-order valence-electron chi connectivity index (χ0n) is 10.8. The number of hydrogen-bond acceptors (Lipinski definition) is 0. The van der Waals surface area contributed by atoms with Gasteiger partial charge in [0.2, 0.25) is 0 Å². The van der Waals surface area contributed by atoms with Crippen molar-refractivity contribution < 1.29 is 8.78 Å². The summed E-state index contributed by atoms with van der Waals surface area (Å²) >= 11 is 6.98. The molecule has 0 radical (unpaired) electrons. The molecule has 0 spiro atoms. The van der Waals surface area contributed by atoms with Crippen molar-refractivity contribution >= 4 is 31.9 Å². The highest BCUT2D eigenvalue weighted by Gasteiger charge is 2.15. The van der Waals surface area contributed by atoms with Gasteiger partial charge in [-0.25, -0.2) is 8.78 Å². The molecule has 20 heavy (non-hydrogen) atoms. The molecule has 2 aromatic rings. The van der Waals surface area contributed by atoms with E-state index >= 15 is 0 Å². The van der Waals surface area contributed by atoms with Gasteiger partial charge in [-0.3, -0.25) is 0 Å². The Morgan fingerprint density at radius 2 is 1.55 bits per heavy atom. The van der Waals surface area contributed by atoms with Gasteiger partial charge in [-0.2, -0.15) is 0 Å². The molecule has 0 heterocycles. The lowest BCUT2D eigenvalue weighted by molar-refractivity contribution is 0.484. The van der Waals surface area contributed by atoms with Crippen LogP contribution in [0, 0.1) is 17.6 Å². The number of halogens is 4. The van der Waals surface area contributed by atoms with E-state index in [4.69, 9.17) is 0 Å². The molecular formula is C16H14Br2F2. The lowest BCUT2D eigenvalue weighted by atomic mass is 9.94. The van der Waals surface area contributed by atoms with Gasteiger partial charge in [0.05, 0.1) is 0 Å². The SMILES string of the molecule is Fc1cccc(CC(CBr)Cc2ccccc2Br)c1F. The third kappa shape index (κ3) is 3.89. The highest BCUT2D eigenvalue weighted by molar-refractivity contribution is 9.10. The Morgan fingerprint density at radius 1 is 0.900 bits per heavy atom. The molecule has 0 bridgehead atoms. The molecule has 0 aliphatic heterocycles. The van der Waals surface area contributed by atoms with Gasteiger partial charge >= 0.3 is 0 Å². The Bertz CT molecular complexity index is 584. The Labute approximate surface area is 134 Å². The molecule has 0 N–H and O–H groups in total. The molecule has 1 atom stereocenters. The van der Waals surface area contributed by atoms with Crippen molar-refractivity contribution in [2.24, 2.45) is 5.92 Å². The molecule has 0 amide bonds. The predicted molar refractivity (Wildman–Crippen MR) is 85.2 cm³/mol. The van der Waals surface area contributed by atoms with Crippen molar-refractivity contribution in [1.29, 1.82) is 0 Å². The average Bonchev–Trinajstić information content (AvgIpc) is 2.45. The zero-order valence-corrected chi connectivity index (χ0v) is 13.9. The summed E-state index contributed by atoms with van der Waals surface area (Å²) in [6.07, 6.45) is 1.32. The minimum Gasteiger partial charge on any atom is -0.204 e. The topological polar surface area (TPSA) is 0 Å². The van der Waals surface area contributed by atoms with Crippen molar-refractivity contribution in [1.82, 2.24) is 0 Å². The van der Waals surface area contributed by atoms with Crippen LogP contribution in [-0.2, 0) is 12.8 Å². The number of rotatable bonds is 5. The quantitative estimate of drug-likeness (QED) is 0.576. The van der Waals surface area contributed by atoms with Crippen LogP contribution in [0.5, 0.6) is 0 Å². The second kappa shape index (κ2) is 7.32. The summed E-state index contributed by atoms with van der Waals surface area (Å²) in [5, 5.41) is 0.740. The summed E-state index contributed by atoms with van der Waals surface area (Å²) in [4.78, 5) is 0. The van der Waals surface area contributed by atoms with Gasteiger partial charge < -0.3 is 0 Å². The summed E-state index contributed by atoms with van der Waals surface area (Å²) < 4.78 is 28.0. The first-order valence-electron chi connectivity index (χ1n) is 6.34. The maximum Gasteiger partial charge on any atom is 0.162 e. The molecule has 0 aliphatic rings. The smallest absolute Gasteiger partial charge is 0.162 e. The van der Waals surface area contributed by atoms with Gasteiger partial charge in [0.15, 0.2) is 11.6 Å². The molecular weight excluding hydrogens is 390 g/mol. The average molecular weight is 404 g/mol. The molecule has 0 saturated heterocycles. The van der Waals surface area contributed by atoms with Crippen LogP contribution in [0.15, 0.2) is 46.9 Å². The molecule has 2 aromatic carbocycles. The molecule has 0 fully saturated rings. The van der Waals surface area contributed by atoms with Gasteiger partial charge in [-0.15, -0.1) is 0 Å². The normalized spacial score (nSPS) is 12.4. The van der Waals surface area contributed by atoms with Gasteiger partial charge in [0.1, 0.15) is 0 Å². The number of alkyl halides is 1. The molecule has 2 rings (SSSR count). The maximum absolute atomic E-state index is 13.7. The third-order valence-electron chi connectivity index (χ3n) is 3.22. The Morgan fingerprint density at radius 3 is 2.25 bits per heavy atom. The molecule has 0 aliphatic carbocycles. The number of benzene rings is 2. The highest BCUT2D eigenvalue weighted by atomic mass is 79.9. The first-order valence-corrected chi connectivity index (χ1v) is 8.25. The first-order chi connectivity index (χ1) is 9.61. The molecule has 106 valence electrons. The van der Waals surface area contributed by atoms with E-state index in [2.05, 4.69) is 31.9 Å². The fourth-order valence-electron chi connectivity index (χ4n) is 2.17. The van der Waals surface area contributed by atoms with E-state index in [0.29, 0.717) is 12.0 Å². The zero-order chi connectivity index (χ0) is 14.5. The maximum atomic E-state index is 13.7. The van der Waals surface area contributed by atoms with Crippen LogP contribution < -0.4 is 0 Å². The van der Waals surface area contributed by atoms with Crippen LogP contribution in [0.2, 0.25) is 0 Å². The van der Waals surface area contributed by atoms with Crippen LogP contribution >= 0.6 is 31.9 Å². The van der Waals surface area contributed by atoms with Crippen molar-refractivity contribution in [2.45, 2.75) is 12.8 Å². The van der Waals surface area contributed by atoms with Crippen LogP contribution in [0.3, 0.4) is 0 Å². The summed E-state index contributed by atoms with van der Waals surface area (Å²) in [5.74, 6) is -1.30. The molecule has 0 saturated carbocycles. The first kappa shape index (κ1) is 15.6. The molecule has 4 heteroatoms. The van der Waals surface area contributed by atoms with Gasteiger partial charge in [0, 0.05) is 9.80 Å². The molecule has 0 aromatic heterocycles. The number of hydrogen-bond donors (Lipinski definition) is 0. The standard InChI is InChI=1S/C16H14Br2F2/c17-10-11(8-12-4-1-2-6-14(12)18)9-13-5-3-7-15(19)16(13)20/h1-7,11H,8-10H2. The van der Waals surface area contributed by atoms with E-state index in [0.717, 1.165) is 22.3 Å². The van der Waals surface area contributed by atoms with Crippen LogP contribution in [0.1, 0.15) is 11.1 Å².